The minimum absolute atomic E-state index is 0.0438. The van der Waals surface area contributed by atoms with Gasteiger partial charge in [0.15, 0.2) is 0 Å². The maximum absolute atomic E-state index is 11.3. The van der Waals surface area contributed by atoms with E-state index in [0.717, 1.165) is 0 Å². The molecule has 5 heteroatoms. The summed E-state index contributed by atoms with van der Waals surface area (Å²) in [4.78, 5) is 21.7. The smallest absolute Gasteiger partial charge is 0.240 e. The van der Waals surface area contributed by atoms with Crippen molar-refractivity contribution < 1.29 is 14.7 Å². The standard InChI is InChI=1S/C9H17N2O3/c1-5(2)7(4-12)11-9(14)8(10)6(3)13/h5-8,13H,10H2,1-3H3,(H,11,14)/t6-,7-,8+/m0/s1. The molecule has 0 aromatic rings. The van der Waals surface area contributed by atoms with Crippen molar-refractivity contribution in [3.63, 3.8) is 0 Å². The zero-order chi connectivity index (χ0) is 11.3. The van der Waals surface area contributed by atoms with Crippen LogP contribution < -0.4 is 11.1 Å². The molecule has 81 valence electrons. The van der Waals surface area contributed by atoms with E-state index in [0.29, 0.717) is 0 Å². The molecular formula is C9H17N2O3. The van der Waals surface area contributed by atoms with Gasteiger partial charge in [0.05, 0.1) is 12.1 Å². The van der Waals surface area contributed by atoms with Gasteiger partial charge in [-0.15, -0.1) is 0 Å². The highest BCUT2D eigenvalue weighted by atomic mass is 16.3. The van der Waals surface area contributed by atoms with Crippen molar-refractivity contribution in [3.05, 3.63) is 0 Å². The van der Waals surface area contributed by atoms with Crippen molar-refractivity contribution in [2.24, 2.45) is 11.7 Å². The average Bonchev–Trinajstić information content (AvgIpc) is 2.11. The summed E-state index contributed by atoms with van der Waals surface area (Å²) in [5, 5.41) is 11.4. The number of carbonyl (C=O) groups excluding carboxylic acids is 2. The van der Waals surface area contributed by atoms with Crippen molar-refractivity contribution in [2.45, 2.75) is 39.0 Å². The molecule has 0 aromatic carbocycles. The molecule has 1 radical (unpaired) electrons. The summed E-state index contributed by atoms with van der Waals surface area (Å²) in [5.41, 5.74) is 5.37. The summed E-state index contributed by atoms with van der Waals surface area (Å²) < 4.78 is 0. The van der Waals surface area contributed by atoms with Gasteiger partial charge in [0, 0.05) is 0 Å². The van der Waals surface area contributed by atoms with Gasteiger partial charge in [-0.3, -0.25) is 9.59 Å². The van der Waals surface area contributed by atoms with Crippen molar-refractivity contribution in [2.75, 3.05) is 0 Å². The molecule has 1 amide bonds. The van der Waals surface area contributed by atoms with Gasteiger partial charge in [0.2, 0.25) is 12.2 Å². The molecule has 4 N–H and O–H groups in total. The van der Waals surface area contributed by atoms with E-state index in [4.69, 9.17) is 10.8 Å². The highest BCUT2D eigenvalue weighted by molar-refractivity contribution is 5.84. The molecule has 0 aromatic heterocycles. The molecule has 0 rings (SSSR count). The lowest BCUT2D eigenvalue weighted by Crippen LogP contribution is -2.51. The summed E-state index contributed by atoms with van der Waals surface area (Å²) in [6, 6.07) is -1.68. The van der Waals surface area contributed by atoms with Gasteiger partial charge < -0.3 is 16.2 Å². The van der Waals surface area contributed by atoms with E-state index in [9.17, 15) is 9.59 Å². The molecule has 0 aliphatic heterocycles. The molecule has 3 atom stereocenters. The monoisotopic (exact) mass is 201 g/mol. The van der Waals surface area contributed by atoms with E-state index in [1.54, 1.807) is 20.1 Å². The molecule has 0 fully saturated rings. The molecular weight excluding hydrogens is 184 g/mol. The number of hydrogen-bond acceptors (Lipinski definition) is 4. The SMILES string of the molecule is CC(C)[C@H]([C]=O)NC(=O)[C@H](N)[C@H](C)O. The molecule has 0 bridgehead atoms. The van der Waals surface area contributed by atoms with Crippen LogP contribution in [-0.4, -0.2) is 35.5 Å². The first-order chi connectivity index (χ1) is 6.40. The number of nitrogens with two attached hydrogens (primary N) is 1. The molecule has 0 heterocycles. The van der Waals surface area contributed by atoms with Crippen LogP contribution in [0.5, 0.6) is 0 Å². The first-order valence-corrected chi connectivity index (χ1v) is 4.51. The number of aliphatic hydroxyl groups is 1. The van der Waals surface area contributed by atoms with Gasteiger partial charge in [-0.1, -0.05) is 13.8 Å². The van der Waals surface area contributed by atoms with Gasteiger partial charge in [0.1, 0.15) is 6.04 Å². The molecule has 5 nitrogen and oxygen atoms in total. The van der Waals surface area contributed by atoms with E-state index in [-0.39, 0.29) is 5.92 Å². The minimum atomic E-state index is -1.01. The van der Waals surface area contributed by atoms with Crippen LogP contribution in [0.2, 0.25) is 0 Å². The van der Waals surface area contributed by atoms with E-state index in [1.807, 2.05) is 0 Å². The predicted molar refractivity (Wildman–Crippen MR) is 52.1 cm³/mol. The van der Waals surface area contributed by atoms with Gasteiger partial charge in [-0.25, -0.2) is 0 Å². The van der Waals surface area contributed by atoms with E-state index >= 15 is 0 Å². The van der Waals surface area contributed by atoms with Crippen LogP contribution in [-0.2, 0) is 9.59 Å². The topological polar surface area (TPSA) is 92.4 Å². The van der Waals surface area contributed by atoms with Gasteiger partial charge >= 0.3 is 0 Å². The average molecular weight is 201 g/mol. The summed E-state index contributed by atoms with van der Waals surface area (Å²) in [6.07, 6.45) is 0.771. The van der Waals surface area contributed by atoms with Crippen LogP contribution in [0.1, 0.15) is 20.8 Å². The van der Waals surface area contributed by atoms with Crippen molar-refractivity contribution in [1.82, 2.24) is 5.32 Å². The van der Waals surface area contributed by atoms with E-state index < -0.39 is 24.1 Å². The van der Waals surface area contributed by atoms with Gasteiger partial charge in [-0.2, -0.15) is 0 Å². The van der Waals surface area contributed by atoms with Gasteiger partial charge in [-0.05, 0) is 12.8 Å². The fraction of sp³-hybridized carbons (Fsp3) is 0.778. The molecule has 0 aliphatic rings. The molecule has 14 heavy (non-hydrogen) atoms. The fourth-order valence-corrected chi connectivity index (χ4v) is 0.801. The van der Waals surface area contributed by atoms with Crippen LogP contribution in [0.3, 0.4) is 0 Å². The maximum Gasteiger partial charge on any atom is 0.240 e. The summed E-state index contributed by atoms with van der Waals surface area (Å²) >= 11 is 0. The predicted octanol–water partition coefficient (Wildman–Crippen LogP) is -1.05. The Balaban J connectivity index is 4.22. The van der Waals surface area contributed by atoms with Crippen LogP contribution >= 0.6 is 0 Å². The van der Waals surface area contributed by atoms with Crippen LogP contribution in [0.15, 0.2) is 0 Å². The highest BCUT2D eigenvalue weighted by Crippen LogP contribution is 1.99. The molecule has 0 aliphatic carbocycles. The summed E-state index contributed by atoms with van der Waals surface area (Å²) in [5.74, 6) is -0.584. The van der Waals surface area contributed by atoms with Gasteiger partial charge in [0.25, 0.3) is 0 Å². The molecule has 0 saturated heterocycles. The van der Waals surface area contributed by atoms with Crippen molar-refractivity contribution in [3.8, 4) is 0 Å². The number of amides is 1. The third-order valence-electron chi connectivity index (χ3n) is 1.91. The number of aliphatic hydroxyl groups excluding tert-OH is 1. The highest BCUT2D eigenvalue weighted by Gasteiger charge is 2.23. The van der Waals surface area contributed by atoms with Crippen molar-refractivity contribution >= 4 is 12.2 Å². The number of carbonyl (C=O) groups is 1. The third-order valence-corrected chi connectivity index (χ3v) is 1.91. The molecule has 0 spiro atoms. The molecule has 0 unspecified atom stereocenters. The Morgan fingerprint density at radius 3 is 2.21 bits per heavy atom. The first-order valence-electron chi connectivity index (χ1n) is 4.51. The summed E-state index contributed by atoms with van der Waals surface area (Å²) in [6.45, 7) is 4.98. The lowest BCUT2D eigenvalue weighted by Gasteiger charge is -2.19. The van der Waals surface area contributed by atoms with Crippen LogP contribution in [0.25, 0.3) is 0 Å². The lowest BCUT2D eigenvalue weighted by molar-refractivity contribution is -0.125. The van der Waals surface area contributed by atoms with Crippen LogP contribution in [0.4, 0.5) is 0 Å². The second-order valence-corrected chi connectivity index (χ2v) is 3.61. The number of nitrogens with one attached hydrogen (secondary N) is 1. The van der Waals surface area contributed by atoms with Crippen molar-refractivity contribution in [1.29, 1.82) is 0 Å². The first kappa shape index (κ1) is 13.1. The Morgan fingerprint density at radius 2 is 1.93 bits per heavy atom. The Kier molecular flexibility index (Phi) is 5.34. The third kappa shape index (κ3) is 3.85. The minimum Gasteiger partial charge on any atom is -0.391 e. The largest absolute Gasteiger partial charge is 0.391 e. The second-order valence-electron chi connectivity index (χ2n) is 3.61. The summed E-state index contributed by atoms with van der Waals surface area (Å²) in [7, 11) is 0. The van der Waals surface area contributed by atoms with E-state index in [2.05, 4.69) is 5.32 Å². The maximum atomic E-state index is 11.3. The zero-order valence-corrected chi connectivity index (χ0v) is 8.65. The second kappa shape index (κ2) is 5.72. The zero-order valence-electron chi connectivity index (χ0n) is 8.65. The Morgan fingerprint density at radius 1 is 1.43 bits per heavy atom. The van der Waals surface area contributed by atoms with Crippen LogP contribution in [0, 0.1) is 5.92 Å². The Bertz CT molecular complexity index is 204. The van der Waals surface area contributed by atoms with E-state index in [1.165, 1.54) is 6.92 Å². The Labute approximate surface area is 83.7 Å². The lowest BCUT2D eigenvalue weighted by atomic mass is 10.1. The fourth-order valence-electron chi connectivity index (χ4n) is 0.801. The normalized spacial score (nSPS) is 17.3. The quantitative estimate of drug-likeness (QED) is 0.529. The molecule has 0 saturated carbocycles. The number of hydrogen-bond donors (Lipinski definition) is 3. The Hall–Kier alpha value is -0.940. The number of rotatable bonds is 5.